The Bertz CT molecular complexity index is 1120. The molecule has 0 saturated carbocycles. The third-order valence-corrected chi connectivity index (χ3v) is 4.44. The van der Waals surface area contributed by atoms with Gasteiger partial charge in [0.15, 0.2) is 0 Å². The predicted octanol–water partition coefficient (Wildman–Crippen LogP) is 8.31. The smallest absolute Gasteiger partial charge is 0.416 e. The maximum absolute atomic E-state index is 13.0. The number of alkyl halides is 12. The molecule has 2 N–H and O–H groups in total. The molecular formula is C22H15F12FeNO2. The molecule has 0 bridgehead atoms. The second-order valence-corrected chi connectivity index (χ2v) is 6.91. The molecular weight excluding hydrogens is 594 g/mol. The van der Waals surface area contributed by atoms with Crippen molar-refractivity contribution in [3.63, 3.8) is 0 Å². The third kappa shape index (κ3) is 8.57. The normalized spacial score (nSPS) is 13.8. The van der Waals surface area contributed by atoms with Gasteiger partial charge in [-0.25, -0.2) is 0 Å². The van der Waals surface area contributed by atoms with E-state index in [1.54, 1.807) is 0 Å². The van der Waals surface area contributed by atoms with Crippen LogP contribution in [0.4, 0.5) is 52.7 Å². The summed E-state index contributed by atoms with van der Waals surface area (Å²) in [7, 11) is 0. The van der Waals surface area contributed by atoms with E-state index in [1.165, 1.54) is 0 Å². The van der Waals surface area contributed by atoms with Gasteiger partial charge in [-0.1, -0.05) is 13.8 Å². The van der Waals surface area contributed by atoms with Gasteiger partial charge in [0.2, 0.25) is 0 Å². The van der Waals surface area contributed by atoms with Crippen molar-refractivity contribution < 1.29 is 80.0 Å². The van der Waals surface area contributed by atoms with Gasteiger partial charge in [-0.2, -0.15) is 57.9 Å². The van der Waals surface area contributed by atoms with Crippen LogP contribution in [0, 0.1) is 11.3 Å². The molecule has 0 aliphatic rings. The Hall–Kier alpha value is -2.89. The summed E-state index contributed by atoms with van der Waals surface area (Å²) < 4.78 is 156. The number of halogens is 12. The van der Waals surface area contributed by atoms with Crippen molar-refractivity contribution in [2.45, 2.75) is 44.7 Å². The summed E-state index contributed by atoms with van der Waals surface area (Å²) in [6, 6.07) is 0.162. The average molecular weight is 609 g/mol. The Labute approximate surface area is 217 Å². The standard InChI is InChI=1S/C20H9F12NO2.C2H6.Fe/c21-17(22,23)10-1-8(2-11(5-10)18(24,25)26)15(34)14(7-33)16(35)9-3-12(19(27,28)29)6-13(4-9)20(30,31)32;1-2;/h1-6,15,34-35H;1-2H3;/b16-14-;;. The van der Waals surface area contributed by atoms with Crippen molar-refractivity contribution in [2.24, 2.45) is 0 Å². The molecule has 0 amide bonds. The summed E-state index contributed by atoms with van der Waals surface area (Å²) in [5.74, 6) is -1.73. The molecule has 0 radical (unpaired) electrons. The summed E-state index contributed by atoms with van der Waals surface area (Å²) in [6.07, 6.45) is -24.3. The molecule has 2 aromatic rings. The minimum atomic E-state index is -5.38. The van der Waals surface area contributed by atoms with E-state index in [0.29, 0.717) is 0 Å². The van der Waals surface area contributed by atoms with Crippen LogP contribution in [-0.4, -0.2) is 10.2 Å². The fourth-order valence-electron chi connectivity index (χ4n) is 2.79. The zero-order chi connectivity index (χ0) is 29.1. The van der Waals surface area contributed by atoms with Gasteiger partial charge in [0.25, 0.3) is 0 Å². The van der Waals surface area contributed by atoms with Gasteiger partial charge in [0.1, 0.15) is 23.5 Å². The average Bonchev–Trinajstić information content (AvgIpc) is 2.77. The molecule has 1 unspecified atom stereocenters. The second kappa shape index (κ2) is 12.3. The molecule has 0 spiro atoms. The van der Waals surface area contributed by atoms with Gasteiger partial charge >= 0.3 is 24.7 Å². The Balaban J connectivity index is 0.00000445. The number of hydrogen-bond acceptors (Lipinski definition) is 3. The summed E-state index contributed by atoms with van der Waals surface area (Å²) >= 11 is 0. The van der Waals surface area contributed by atoms with Gasteiger partial charge in [0, 0.05) is 22.6 Å². The first kappa shape index (κ1) is 35.1. The molecule has 0 aliphatic carbocycles. The molecule has 0 aromatic heterocycles. The number of aliphatic hydroxyl groups excluding tert-OH is 2. The van der Waals surface area contributed by atoms with Crippen molar-refractivity contribution >= 4 is 5.76 Å². The maximum Gasteiger partial charge on any atom is 0.416 e. The first-order valence-corrected chi connectivity index (χ1v) is 9.76. The predicted molar refractivity (Wildman–Crippen MR) is 104 cm³/mol. The van der Waals surface area contributed by atoms with E-state index in [1.807, 2.05) is 13.8 Å². The van der Waals surface area contributed by atoms with E-state index in [4.69, 9.17) is 0 Å². The number of nitrogens with zero attached hydrogens (tertiary/aromatic N) is 1. The summed E-state index contributed by atoms with van der Waals surface area (Å²) in [5, 5.41) is 29.6. The summed E-state index contributed by atoms with van der Waals surface area (Å²) in [4.78, 5) is 0. The number of aliphatic hydroxyl groups is 2. The molecule has 38 heavy (non-hydrogen) atoms. The third-order valence-electron chi connectivity index (χ3n) is 4.44. The van der Waals surface area contributed by atoms with E-state index in [9.17, 15) is 68.2 Å². The molecule has 212 valence electrons. The monoisotopic (exact) mass is 609 g/mol. The van der Waals surface area contributed by atoms with Gasteiger partial charge in [0.05, 0.1) is 22.3 Å². The topological polar surface area (TPSA) is 64.2 Å². The zero-order valence-electron chi connectivity index (χ0n) is 18.8. The Morgan fingerprint density at radius 1 is 0.658 bits per heavy atom. The molecule has 2 rings (SSSR count). The number of rotatable bonds is 3. The van der Waals surface area contributed by atoms with Crippen LogP contribution in [0.3, 0.4) is 0 Å². The van der Waals surface area contributed by atoms with Crippen LogP contribution in [0.5, 0.6) is 0 Å². The molecule has 3 nitrogen and oxygen atoms in total. The van der Waals surface area contributed by atoms with Gasteiger partial charge < -0.3 is 10.2 Å². The van der Waals surface area contributed by atoms with E-state index < -0.39 is 75.5 Å². The molecule has 16 heteroatoms. The minimum Gasteiger partial charge on any atom is -0.506 e. The fourth-order valence-corrected chi connectivity index (χ4v) is 2.79. The van der Waals surface area contributed by atoms with Crippen LogP contribution in [0.1, 0.15) is 53.3 Å². The van der Waals surface area contributed by atoms with Crippen molar-refractivity contribution in [3.05, 3.63) is 75.4 Å². The summed E-state index contributed by atoms with van der Waals surface area (Å²) in [6.45, 7) is 4.00. The SMILES string of the molecule is CC.N#C/C(=C(/O)c1cc(C(F)(F)F)cc(C(F)(F)F)c1)C(O)c1cc(C(F)(F)F)cc(C(F)(F)F)c1.[Fe]. The van der Waals surface area contributed by atoms with Crippen molar-refractivity contribution in [1.29, 1.82) is 5.26 Å². The number of benzene rings is 2. The molecule has 0 aliphatic heterocycles. The van der Waals surface area contributed by atoms with Gasteiger partial charge in [-0.3, -0.25) is 0 Å². The number of nitriles is 1. The van der Waals surface area contributed by atoms with Gasteiger partial charge in [-0.15, -0.1) is 0 Å². The van der Waals surface area contributed by atoms with Crippen LogP contribution >= 0.6 is 0 Å². The van der Waals surface area contributed by atoms with Crippen LogP contribution < -0.4 is 0 Å². The van der Waals surface area contributed by atoms with E-state index in [2.05, 4.69) is 0 Å². The quantitative estimate of drug-likeness (QED) is 0.159. The van der Waals surface area contributed by atoms with E-state index >= 15 is 0 Å². The molecule has 0 fully saturated rings. The van der Waals surface area contributed by atoms with E-state index in [0.717, 1.165) is 6.07 Å². The Morgan fingerprint density at radius 3 is 1.21 bits per heavy atom. The van der Waals surface area contributed by atoms with E-state index in [-0.39, 0.29) is 53.5 Å². The molecule has 0 heterocycles. The first-order chi connectivity index (χ1) is 16.7. The molecule has 2 aromatic carbocycles. The van der Waals surface area contributed by atoms with Crippen molar-refractivity contribution in [1.82, 2.24) is 0 Å². The Morgan fingerprint density at radius 2 is 0.947 bits per heavy atom. The second-order valence-electron chi connectivity index (χ2n) is 6.91. The molecule has 0 saturated heterocycles. The van der Waals surface area contributed by atoms with Gasteiger partial charge in [-0.05, 0) is 42.0 Å². The maximum atomic E-state index is 13.0. The summed E-state index contributed by atoms with van der Waals surface area (Å²) in [5.41, 5.74) is -11.9. The first-order valence-electron chi connectivity index (χ1n) is 9.76. The van der Waals surface area contributed by atoms with Crippen LogP contribution in [0.2, 0.25) is 0 Å². The fraction of sp³-hybridized carbons (Fsp3) is 0.318. The van der Waals surface area contributed by atoms with Crippen LogP contribution in [0.25, 0.3) is 5.76 Å². The van der Waals surface area contributed by atoms with Crippen molar-refractivity contribution in [3.8, 4) is 6.07 Å². The Kier molecular flexibility index (Phi) is 11.4. The van der Waals surface area contributed by atoms with Crippen LogP contribution in [-0.2, 0) is 41.8 Å². The number of hydrogen-bond donors (Lipinski definition) is 2. The zero-order valence-corrected chi connectivity index (χ0v) is 19.9. The molecule has 1 atom stereocenters. The minimum absolute atomic E-state index is 0. The van der Waals surface area contributed by atoms with Crippen LogP contribution in [0.15, 0.2) is 42.0 Å². The van der Waals surface area contributed by atoms with Crippen molar-refractivity contribution in [2.75, 3.05) is 0 Å². The largest absolute Gasteiger partial charge is 0.506 e.